The Kier molecular flexibility index (Phi) is 14.8. The average Bonchev–Trinajstić information content (AvgIpc) is 2.59. The second-order valence-corrected chi connectivity index (χ2v) is 8.90. The van der Waals surface area contributed by atoms with Gasteiger partial charge in [0.25, 0.3) is 0 Å². The molecule has 0 aromatic carbocycles. The Labute approximate surface area is 176 Å². The number of unbranched alkanes of at least 4 members (excludes halogenated alkanes) is 1. The fraction of sp³-hybridized carbons (Fsp3) is 0.941. The van der Waals surface area contributed by atoms with Crippen molar-refractivity contribution in [2.45, 2.75) is 58.5 Å². The zero-order valence-electron chi connectivity index (χ0n) is 16.4. The van der Waals surface area contributed by atoms with E-state index in [4.69, 9.17) is 4.74 Å². The summed E-state index contributed by atoms with van der Waals surface area (Å²) >= 11 is 0. The van der Waals surface area contributed by atoms with Gasteiger partial charge in [-0.3, -0.25) is 4.99 Å². The molecule has 0 spiro atoms. The number of rotatable bonds is 11. The van der Waals surface area contributed by atoms with Gasteiger partial charge in [-0.15, -0.1) is 24.0 Å². The molecule has 26 heavy (non-hydrogen) atoms. The third-order valence-corrected chi connectivity index (χ3v) is 5.54. The Balaban J connectivity index is 0.00000625. The van der Waals surface area contributed by atoms with Crippen LogP contribution in [0.5, 0.6) is 0 Å². The Morgan fingerprint density at radius 2 is 1.92 bits per heavy atom. The molecular formula is C17H37IN4O3S. The third-order valence-electron chi connectivity index (χ3n) is 4.19. The maximum atomic E-state index is 12.0. The van der Waals surface area contributed by atoms with Crippen LogP contribution >= 0.6 is 24.0 Å². The van der Waals surface area contributed by atoms with Gasteiger partial charge in [-0.1, -0.05) is 26.7 Å². The average molecular weight is 504 g/mol. The Bertz CT molecular complexity index is 480. The molecule has 0 radical (unpaired) electrons. The summed E-state index contributed by atoms with van der Waals surface area (Å²) < 4.78 is 32.3. The maximum Gasteiger partial charge on any atom is 0.213 e. The number of nitrogens with one attached hydrogen (secondary N) is 3. The first-order valence-corrected chi connectivity index (χ1v) is 11.1. The maximum absolute atomic E-state index is 12.0. The van der Waals surface area contributed by atoms with Crippen molar-refractivity contribution in [3.05, 3.63) is 0 Å². The summed E-state index contributed by atoms with van der Waals surface area (Å²) in [6.07, 6.45) is 6.60. The molecule has 0 aromatic heterocycles. The summed E-state index contributed by atoms with van der Waals surface area (Å²) in [4.78, 5) is 4.12. The topological polar surface area (TPSA) is 91.8 Å². The fourth-order valence-electron chi connectivity index (χ4n) is 2.67. The second-order valence-electron chi connectivity index (χ2n) is 6.97. The van der Waals surface area contributed by atoms with E-state index < -0.39 is 10.0 Å². The van der Waals surface area contributed by atoms with Gasteiger partial charge in [-0.25, -0.2) is 13.1 Å². The summed E-state index contributed by atoms with van der Waals surface area (Å²) in [7, 11) is -1.61. The lowest BCUT2D eigenvalue weighted by Crippen LogP contribution is -2.42. The summed E-state index contributed by atoms with van der Waals surface area (Å²) in [5, 5.41) is 6.27. The Hall–Kier alpha value is -0.130. The van der Waals surface area contributed by atoms with Gasteiger partial charge in [0.1, 0.15) is 0 Å². The Morgan fingerprint density at radius 1 is 1.19 bits per heavy atom. The molecule has 0 aliphatic carbocycles. The van der Waals surface area contributed by atoms with Crippen LogP contribution in [0.1, 0.15) is 52.4 Å². The molecule has 1 unspecified atom stereocenters. The van der Waals surface area contributed by atoms with Crippen molar-refractivity contribution >= 4 is 40.0 Å². The Morgan fingerprint density at radius 3 is 2.54 bits per heavy atom. The molecule has 0 amide bonds. The van der Waals surface area contributed by atoms with Gasteiger partial charge in [0, 0.05) is 33.3 Å². The van der Waals surface area contributed by atoms with Crippen molar-refractivity contribution in [2.24, 2.45) is 10.9 Å². The van der Waals surface area contributed by atoms with Crippen molar-refractivity contribution in [2.75, 3.05) is 39.0 Å². The minimum atomic E-state index is -3.30. The molecule has 1 heterocycles. The first kappa shape index (κ1) is 25.9. The number of aliphatic imine (C=N–C) groups is 1. The molecule has 1 fully saturated rings. The third kappa shape index (κ3) is 13.1. The summed E-state index contributed by atoms with van der Waals surface area (Å²) in [6, 6.07) is 0. The minimum Gasteiger partial charge on any atom is -0.377 e. The SMILES string of the molecule is CN=C(NCCCCC(C)C)NCCS(=O)(=O)NCC1CCCCO1.I. The van der Waals surface area contributed by atoms with Crippen molar-refractivity contribution in [3.8, 4) is 0 Å². The number of halogens is 1. The number of ether oxygens (including phenoxy) is 1. The van der Waals surface area contributed by atoms with Gasteiger partial charge < -0.3 is 15.4 Å². The first-order valence-electron chi connectivity index (χ1n) is 9.46. The van der Waals surface area contributed by atoms with E-state index in [1.165, 1.54) is 12.8 Å². The van der Waals surface area contributed by atoms with Crippen LogP contribution in [-0.4, -0.2) is 59.5 Å². The van der Waals surface area contributed by atoms with E-state index in [-0.39, 0.29) is 35.8 Å². The summed E-state index contributed by atoms with van der Waals surface area (Å²) in [5.41, 5.74) is 0. The number of sulfonamides is 1. The van der Waals surface area contributed by atoms with Crippen LogP contribution in [0.15, 0.2) is 4.99 Å². The van der Waals surface area contributed by atoms with E-state index in [0.717, 1.165) is 44.8 Å². The van der Waals surface area contributed by atoms with E-state index in [0.29, 0.717) is 19.0 Å². The van der Waals surface area contributed by atoms with Crippen LogP contribution in [0, 0.1) is 5.92 Å². The molecule has 156 valence electrons. The van der Waals surface area contributed by atoms with Gasteiger partial charge in [0.2, 0.25) is 10.0 Å². The minimum absolute atomic E-state index is 0. The van der Waals surface area contributed by atoms with Crippen molar-refractivity contribution in [1.29, 1.82) is 0 Å². The molecule has 0 bridgehead atoms. The van der Waals surface area contributed by atoms with Crippen molar-refractivity contribution in [3.63, 3.8) is 0 Å². The van der Waals surface area contributed by atoms with Gasteiger partial charge in [0.15, 0.2) is 5.96 Å². The molecule has 7 nitrogen and oxygen atoms in total. The van der Waals surface area contributed by atoms with E-state index in [1.807, 2.05) is 0 Å². The largest absolute Gasteiger partial charge is 0.377 e. The molecule has 0 saturated carbocycles. The zero-order valence-corrected chi connectivity index (χ0v) is 19.6. The molecule has 1 atom stereocenters. The van der Waals surface area contributed by atoms with Gasteiger partial charge in [-0.05, 0) is 31.6 Å². The number of hydrogen-bond acceptors (Lipinski definition) is 4. The molecule has 1 rings (SSSR count). The number of guanidine groups is 1. The van der Waals surface area contributed by atoms with Crippen molar-refractivity contribution < 1.29 is 13.2 Å². The van der Waals surface area contributed by atoms with Gasteiger partial charge in [0.05, 0.1) is 11.9 Å². The smallest absolute Gasteiger partial charge is 0.213 e. The van der Waals surface area contributed by atoms with Crippen LogP contribution in [0.4, 0.5) is 0 Å². The summed E-state index contributed by atoms with van der Waals surface area (Å²) in [5.74, 6) is 1.40. The molecule has 9 heteroatoms. The monoisotopic (exact) mass is 504 g/mol. The molecular weight excluding hydrogens is 467 g/mol. The summed E-state index contributed by atoms with van der Waals surface area (Å²) in [6.45, 7) is 6.72. The first-order chi connectivity index (χ1) is 11.9. The lowest BCUT2D eigenvalue weighted by molar-refractivity contribution is 0.0200. The standard InChI is InChI=1S/C17H36N4O3S.HI/c1-15(2)8-4-6-10-19-17(18-3)20-11-13-25(22,23)21-14-16-9-5-7-12-24-16;/h15-16,21H,4-14H2,1-3H3,(H2,18,19,20);1H. The second kappa shape index (κ2) is 14.9. The molecule has 1 saturated heterocycles. The van der Waals surface area contributed by atoms with Crippen LogP contribution in [0.25, 0.3) is 0 Å². The van der Waals surface area contributed by atoms with Crippen LogP contribution < -0.4 is 15.4 Å². The van der Waals surface area contributed by atoms with Gasteiger partial charge in [-0.2, -0.15) is 0 Å². The number of hydrogen-bond donors (Lipinski definition) is 3. The lowest BCUT2D eigenvalue weighted by Gasteiger charge is -2.22. The van der Waals surface area contributed by atoms with E-state index in [1.54, 1.807) is 7.05 Å². The fourth-order valence-corrected chi connectivity index (χ4v) is 3.62. The zero-order chi connectivity index (χ0) is 18.5. The predicted octanol–water partition coefficient (Wildman–Crippen LogP) is 2.08. The quantitative estimate of drug-likeness (QED) is 0.174. The molecule has 0 aromatic rings. The molecule has 1 aliphatic rings. The lowest BCUT2D eigenvalue weighted by atomic mass is 10.1. The van der Waals surface area contributed by atoms with E-state index >= 15 is 0 Å². The van der Waals surface area contributed by atoms with Crippen LogP contribution in [-0.2, 0) is 14.8 Å². The van der Waals surface area contributed by atoms with E-state index in [2.05, 4.69) is 34.2 Å². The molecule has 3 N–H and O–H groups in total. The normalized spacial score (nSPS) is 18.5. The molecule has 1 aliphatic heterocycles. The van der Waals surface area contributed by atoms with E-state index in [9.17, 15) is 8.42 Å². The highest BCUT2D eigenvalue weighted by Gasteiger charge is 2.17. The van der Waals surface area contributed by atoms with Gasteiger partial charge >= 0.3 is 0 Å². The highest BCUT2D eigenvalue weighted by molar-refractivity contribution is 14.0. The van der Waals surface area contributed by atoms with Crippen LogP contribution in [0.2, 0.25) is 0 Å². The highest BCUT2D eigenvalue weighted by Crippen LogP contribution is 2.11. The van der Waals surface area contributed by atoms with Crippen molar-refractivity contribution in [1.82, 2.24) is 15.4 Å². The predicted molar refractivity (Wildman–Crippen MR) is 119 cm³/mol. The highest BCUT2D eigenvalue weighted by atomic mass is 127. The van der Waals surface area contributed by atoms with Crippen LogP contribution in [0.3, 0.4) is 0 Å². The number of nitrogens with zero attached hydrogens (tertiary/aromatic N) is 1.